The van der Waals surface area contributed by atoms with Crippen LogP contribution < -0.4 is 0 Å². The highest BCUT2D eigenvalue weighted by Gasteiger charge is 2.16. The molecule has 0 fully saturated rings. The lowest BCUT2D eigenvalue weighted by atomic mass is 10.4. The Labute approximate surface area is 68.5 Å². The van der Waals surface area contributed by atoms with Crippen LogP contribution in [0.5, 0.6) is 0 Å². The molecule has 64 valence electrons. The van der Waals surface area contributed by atoms with E-state index in [9.17, 15) is 0 Å². The molecule has 0 radical (unpaired) electrons. The van der Waals surface area contributed by atoms with Gasteiger partial charge in [0, 0.05) is 0 Å². The Balaban J connectivity index is 3.59. The van der Waals surface area contributed by atoms with Gasteiger partial charge in [-0.25, -0.2) is 0 Å². The summed E-state index contributed by atoms with van der Waals surface area (Å²) in [5.74, 6) is -0.539. The monoisotopic (exact) mass is 156 g/mol. The predicted molar refractivity (Wildman–Crippen MR) is 46.4 cm³/mol. The first-order chi connectivity index (χ1) is 5.12. The Morgan fingerprint density at radius 1 is 1.09 bits per heavy atom. The van der Waals surface area contributed by atoms with Crippen molar-refractivity contribution < 1.29 is 9.47 Å². The van der Waals surface area contributed by atoms with E-state index in [1.54, 1.807) is 12.2 Å². The average molecular weight is 156 g/mol. The summed E-state index contributed by atoms with van der Waals surface area (Å²) < 4.78 is 10.6. The van der Waals surface area contributed by atoms with Gasteiger partial charge in [0.05, 0.1) is 13.2 Å². The van der Waals surface area contributed by atoms with E-state index < -0.39 is 5.79 Å². The standard InChI is InChI=1S/C9H16O2/c1-5-7-10-9(3,4)11-8-6-2/h5-6H,1-2,7-8H2,3-4H3. The first-order valence-corrected chi connectivity index (χ1v) is 3.62. The number of hydrogen-bond acceptors (Lipinski definition) is 2. The maximum Gasteiger partial charge on any atom is 0.163 e. The van der Waals surface area contributed by atoms with Crippen LogP contribution in [0.15, 0.2) is 25.3 Å². The fraction of sp³-hybridized carbons (Fsp3) is 0.556. The van der Waals surface area contributed by atoms with Crippen LogP contribution in [0.1, 0.15) is 13.8 Å². The molecule has 0 spiro atoms. The lowest BCUT2D eigenvalue weighted by Crippen LogP contribution is -2.28. The molecule has 2 heteroatoms. The minimum absolute atomic E-state index is 0.504. The number of rotatable bonds is 6. The lowest BCUT2D eigenvalue weighted by Gasteiger charge is -2.24. The number of ether oxygens (including phenoxy) is 2. The number of hydrogen-bond donors (Lipinski definition) is 0. The van der Waals surface area contributed by atoms with Crippen molar-refractivity contribution in [2.75, 3.05) is 13.2 Å². The molecular formula is C9H16O2. The molecule has 0 rings (SSSR count). The van der Waals surface area contributed by atoms with Crippen molar-refractivity contribution in [1.29, 1.82) is 0 Å². The van der Waals surface area contributed by atoms with Crippen LogP contribution in [0.4, 0.5) is 0 Å². The fourth-order valence-electron chi connectivity index (χ4n) is 0.561. The highest BCUT2D eigenvalue weighted by atomic mass is 16.7. The van der Waals surface area contributed by atoms with Gasteiger partial charge < -0.3 is 9.47 Å². The Hall–Kier alpha value is -0.600. The highest BCUT2D eigenvalue weighted by Crippen LogP contribution is 2.10. The molecule has 0 aromatic heterocycles. The van der Waals surface area contributed by atoms with E-state index in [2.05, 4.69) is 13.2 Å². The minimum atomic E-state index is -0.539. The molecule has 0 aliphatic heterocycles. The molecule has 0 aromatic rings. The van der Waals surface area contributed by atoms with Gasteiger partial charge in [-0.05, 0) is 13.8 Å². The minimum Gasteiger partial charge on any atom is -0.346 e. The molecule has 2 nitrogen and oxygen atoms in total. The van der Waals surface area contributed by atoms with Crippen LogP contribution in [-0.2, 0) is 9.47 Å². The van der Waals surface area contributed by atoms with E-state index in [0.29, 0.717) is 13.2 Å². The normalized spacial score (nSPS) is 11.1. The molecule has 0 unspecified atom stereocenters. The van der Waals surface area contributed by atoms with Crippen LogP contribution in [0.3, 0.4) is 0 Å². The van der Waals surface area contributed by atoms with Gasteiger partial charge in [-0.15, -0.1) is 13.2 Å². The van der Waals surface area contributed by atoms with E-state index in [1.807, 2.05) is 13.8 Å². The van der Waals surface area contributed by atoms with Gasteiger partial charge in [-0.3, -0.25) is 0 Å². The summed E-state index contributed by atoms with van der Waals surface area (Å²) in [4.78, 5) is 0. The van der Waals surface area contributed by atoms with Gasteiger partial charge in [0.15, 0.2) is 5.79 Å². The van der Waals surface area contributed by atoms with Crippen molar-refractivity contribution in [3.8, 4) is 0 Å². The van der Waals surface area contributed by atoms with E-state index >= 15 is 0 Å². The van der Waals surface area contributed by atoms with Crippen molar-refractivity contribution in [2.45, 2.75) is 19.6 Å². The van der Waals surface area contributed by atoms with Crippen LogP contribution in [0.25, 0.3) is 0 Å². The molecule has 0 bridgehead atoms. The van der Waals surface area contributed by atoms with Crippen molar-refractivity contribution in [2.24, 2.45) is 0 Å². The zero-order valence-corrected chi connectivity index (χ0v) is 7.30. The summed E-state index contributed by atoms with van der Waals surface area (Å²) in [6, 6.07) is 0. The first kappa shape index (κ1) is 10.4. The molecule has 0 aliphatic rings. The third kappa shape index (κ3) is 5.83. The second kappa shape index (κ2) is 5.10. The molecule has 0 saturated heterocycles. The molecule has 0 aliphatic carbocycles. The summed E-state index contributed by atoms with van der Waals surface area (Å²) in [6.45, 7) is 11.8. The topological polar surface area (TPSA) is 18.5 Å². The fourth-order valence-corrected chi connectivity index (χ4v) is 0.561. The smallest absolute Gasteiger partial charge is 0.163 e. The van der Waals surface area contributed by atoms with Gasteiger partial charge in [-0.2, -0.15) is 0 Å². The van der Waals surface area contributed by atoms with Gasteiger partial charge in [0.1, 0.15) is 0 Å². The van der Waals surface area contributed by atoms with Crippen molar-refractivity contribution in [3.05, 3.63) is 25.3 Å². The summed E-state index contributed by atoms with van der Waals surface area (Å²) in [6.07, 6.45) is 3.39. The Kier molecular flexibility index (Phi) is 4.83. The van der Waals surface area contributed by atoms with Crippen LogP contribution >= 0.6 is 0 Å². The molecule has 0 atom stereocenters. The van der Waals surface area contributed by atoms with E-state index in [-0.39, 0.29) is 0 Å². The van der Waals surface area contributed by atoms with E-state index in [1.165, 1.54) is 0 Å². The van der Waals surface area contributed by atoms with Crippen LogP contribution in [-0.4, -0.2) is 19.0 Å². The zero-order chi connectivity index (χ0) is 8.74. The molecule has 0 N–H and O–H groups in total. The molecule has 0 amide bonds. The van der Waals surface area contributed by atoms with Crippen molar-refractivity contribution >= 4 is 0 Å². The van der Waals surface area contributed by atoms with Gasteiger partial charge in [0.25, 0.3) is 0 Å². The van der Waals surface area contributed by atoms with Crippen molar-refractivity contribution in [1.82, 2.24) is 0 Å². The molecule has 0 aromatic carbocycles. The second-order valence-corrected chi connectivity index (χ2v) is 2.60. The maximum absolute atomic E-state index is 5.29. The summed E-state index contributed by atoms with van der Waals surface area (Å²) >= 11 is 0. The summed E-state index contributed by atoms with van der Waals surface area (Å²) in [5.41, 5.74) is 0. The molecule has 0 heterocycles. The largest absolute Gasteiger partial charge is 0.346 e. The molecule has 11 heavy (non-hydrogen) atoms. The van der Waals surface area contributed by atoms with Crippen LogP contribution in [0.2, 0.25) is 0 Å². The first-order valence-electron chi connectivity index (χ1n) is 3.62. The van der Waals surface area contributed by atoms with Gasteiger partial charge in [-0.1, -0.05) is 12.2 Å². The average Bonchev–Trinajstić information content (AvgIpc) is 1.97. The quantitative estimate of drug-likeness (QED) is 0.433. The zero-order valence-electron chi connectivity index (χ0n) is 7.30. The summed E-state index contributed by atoms with van der Waals surface area (Å²) in [5, 5.41) is 0. The van der Waals surface area contributed by atoms with Crippen molar-refractivity contribution in [3.63, 3.8) is 0 Å². The SMILES string of the molecule is C=CCOC(C)(C)OCC=C. The Bertz CT molecular complexity index is 114. The van der Waals surface area contributed by atoms with Gasteiger partial charge in [0.2, 0.25) is 0 Å². The third-order valence-corrected chi connectivity index (χ3v) is 1.10. The highest BCUT2D eigenvalue weighted by molar-refractivity contribution is 4.69. The lowest BCUT2D eigenvalue weighted by molar-refractivity contribution is -0.200. The van der Waals surface area contributed by atoms with E-state index in [0.717, 1.165) is 0 Å². The Morgan fingerprint density at radius 3 is 1.73 bits per heavy atom. The van der Waals surface area contributed by atoms with E-state index in [4.69, 9.17) is 9.47 Å². The van der Waals surface area contributed by atoms with Crippen LogP contribution in [0, 0.1) is 0 Å². The maximum atomic E-state index is 5.29. The summed E-state index contributed by atoms with van der Waals surface area (Å²) in [7, 11) is 0. The predicted octanol–water partition coefficient (Wildman–Crippen LogP) is 2.13. The second-order valence-electron chi connectivity index (χ2n) is 2.60. The van der Waals surface area contributed by atoms with Gasteiger partial charge >= 0.3 is 0 Å². The third-order valence-electron chi connectivity index (χ3n) is 1.10. The molecule has 0 saturated carbocycles. The molecular weight excluding hydrogens is 140 g/mol. The Morgan fingerprint density at radius 2 is 1.45 bits per heavy atom.